The minimum absolute atomic E-state index is 0.0127. The number of carbonyl (C=O) groups excluding carboxylic acids is 2. The van der Waals surface area contributed by atoms with E-state index in [1.54, 1.807) is 13.8 Å². The molecule has 2 aromatic rings. The van der Waals surface area contributed by atoms with Gasteiger partial charge in [-0.25, -0.2) is 4.79 Å². The molecule has 176 valence electrons. The summed E-state index contributed by atoms with van der Waals surface area (Å²) >= 11 is 0.985. The first-order valence-corrected chi connectivity index (χ1v) is 10.7. The monoisotopic (exact) mass is 476 g/mol. The molecule has 1 unspecified atom stereocenters. The van der Waals surface area contributed by atoms with Crippen LogP contribution >= 0.6 is 11.3 Å². The molecule has 1 saturated heterocycles. The van der Waals surface area contributed by atoms with Crippen LogP contribution in [0.2, 0.25) is 0 Å². The molecule has 1 aliphatic heterocycles. The molecular formula is C19H23F3N4O5S. The van der Waals surface area contributed by atoms with E-state index in [2.05, 4.69) is 5.32 Å². The van der Waals surface area contributed by atoms with Crippen molar-refractivity contribution >= 4 is 33.4 Å². The average molecular weight is 476 g/mol. The van der Waals surface area contributed by atoms with Gasteiger partial charge in [-0.2, -0.15) is 13.2 Å². The summed E-state index contributed by atoms with van der Waals surface area (Å²) in [6.45, 7) is 3.03. The van der Waals surface area contributed by atoms with Crippen LogP contribution in [0.4, 0.5) is 13.2 Å². The number of halogens is 3. The number of amides is 2. The zero-order valence-electron chi connectivity index (χ0n) is 17.7. The second kappa shape index (κ2) is 9.06. The quantitative estimate of drug-likeness (QED) is 0.601. The Morgan fingerprint density at radius 2 is 1.88 bits per heavy atom. The number of fused-ring (bicyclic) bond motifs is 1. The van der Waals surface area contributed by atoms with Crippen LogP contribution in [0.25, 0.3) is 10.2 Å². The lowest BCUT2D eigenvalue weighted by molar-refractivity contribution is -0.148. The standard InChI is InChI=1S/C19H23F3N4O5S/c1-10(31-3)8-26-15(28)13-11(2)12(9-24-7-5-23-14(27)16(24)29)32-17(13)25(18(26)30)6-4-19(20,21)22/h10H,4-9H2,1-3H3,(H,23,27). The Balaban J connectivity index is 2.15. The Bertz CT molecular complexity index is 1170. The number of methoxy groups -OCH3 is 1. The zero-order valence-corrected chi connectivity index (χ0v) is 18.6. The maximum atomic E-state index is 13.1. The van der Waals surface area contributed by atoms with Crippen molar-refractivity contribution in [3.8, 4) is 0 Å². The number of alkyl halides is 3. The number of thiophene rings is 1. The Hall–Kier alpha value is -2.67. The Kier molecular flexibility index (Phi) is 6.79. The fraction of sp³-hybridized carbons (Fsp3) is 0.579. The van der Waals surface area contributed by atoms with Crippen LogP contribution in [-0.2, 0) is 34.0 Å². The molecule has 0 aliphatic carbocycles. The minimum atomic E-state index is -4.49. The third-order valence-corrected chi connectivity index (χ3v) is 6.64. The minimum Gasteiger partial charge on any atom is -0.380 e. The van der Waals surface area contributed by atoms with E-state index in [1.807, 2.05) is 0 Å². The molecule has 0 aromatic carbocycles. The lowest BCUT2D eigenvalue weighted by Crippen LogP contribution is -2.51. The van der Waals surface area contributed by atoms with Crippen molar-refractivity contribution in [2.24, 2.45) is 0 Å². The van der Waals surface area contributed by atoms with Crippen molar-refractivity contribution in [3.63, 3.8) is 0 Å². The molecule has 0 saturated carbocycles. The molecule has 1 N–H and O–H groups in total. The number of hydrogen-bond acceptors (Lipinski definition) is 6. The summed E-state index contributed by atoms with van der Waals surface area (Å²) in [6, 6.07) is 0. The van der Waals surface area contributed by atoms with Crippen LogP contribution in [0.1, 0.15) is 23.8 Å². The number of carbonyl (C=O) groups is 2. The molecule has 1 atom stereocenters. The molecule has 3 heterocycles. The van der Waals surface area contributed by atoms with Crippen LogP contribution in [-0.4, -0.2) is 58.3 Å². The number of aromatic nitrogens is 2. The molecule has 0 radical (unpaired) electrons. The van der Waals surface area contributed by atoms with E-state index in [-0.39, 0.29) is 36.4 Å². The van der Waals surface area contributed by atoms with E-state index >= 15 is 0 Å². The number of nitrogens with one attached hydrogen (secondary N) is 1. The van der Waals surface area contributed by atoms with Crippen molar-refractivity contribution in [1.29, 1.82) is 0 Å². The molecular weight excluding hydrogens is 453 g/mol. The zero-order chi connectivity index (χ0) is 23.8. The maximum absolute atomic E-state index is 13.1. The first-order chi connectivity index (χ1) is 14.9. The smallest absolute Gasteiger partial charge is 0.380 e. The van der Waals surface area contributed by atoms with Gasteiger partial charge in [-0.1, -0.05) is 0 Å². The molecule has 32 heavy (non-hydrogen) atoms. The van der Waals surface area contributed by atoms with Crippen molar-refractivity contribution in [2.45, 2.75) is 52.2 Å². The summed E-state index contributed by atoms with van der Waals surface area (Å²) in [7, 11) is 1.40. The molecule has 0 spiro atoms. The van der Waals surface area contributed by atoms with Crippen molar-refractivity contribution in [2.75, 3.05) is 20.2 Å². The predicted octanol–water partition coefficient (Wildman–Crippen LogP) is 0.979. The fourth-order valence-corrected chi connectivity index (χ4v) is 4.80. The highest BCUT2D eigenvalue weighted by atomic mass is 32.1. The summed E-state index contributed by atoms with van der Waals surface area (Å²) in [6.07, 6.45) is -6.25. The molecule has 2 amide bonds. The highest BCUT2D eigenvalue weighted by molar-refractivity contribution is 7.18. The molecule has 9 nitrogen and oxygen atoms in total. The first kappa shape index (κ1) is 24.0. The van der Waals surface area contributed by atoms with E-state index in [0.29, 0.717) is 10.4 Å². The third kappa shape index (κ3) is 4.72. The highest BCUT2D eigenvalue weighted by Crippen LogP contribution is 2.30. The van der Waals surface area contributed by atoms with Crippen LogP contribution < -0.4 is 16.6 Å². The predicted molar refractivity (Wildman–Crippen MR) is 111 cm³/mol. The maximum Gasteiger partial charge on any atom is 0.390 e. The number of nitrogens with zero attached hydrogens (tertiary/aromatic N) is 3. The van der Waals surface area contributed by atoms with Crippen LogP contribution in [0.15, 0.2) is 9.59 Å². The van der Waals surface area contributed by atoms with E-state index in [4.69, 9.17) is 4.74 Å². The molecule has 0 bridgehead atoms. The Morgan fingerprint density at radius 3 is 2.50 bits per heavy atom. The van der Waals surface area contributed by atoms with Gasteiger partial charge < -0.3 is 15.0 Å². The van der Waals surface area contributed by atoms with Gasteiger partial charge >= 0.3 is 23.7 Å². The number of piperazine rings is 1. The summed E-state index contributed by atoms with van der Waals surface area (Å²) in [4.78, 5) is 51.8. The second-order valence-corrected chi connectivity index (χ2v) is 8.66. The highest BCUT2D eigenvalue weighted by Gasteiger charge is 2.30. The van der Waals surface area contributed by atoms with Crippen molar-refractivity contribution in [3.05, 3.63) is 31.3 Å². The second-order valence-electron chi connectivity index (χ2n) is 7.57. The van der Waals surface area contributed by atoms with Gasteiger partial charge in [-0.15, -0.1) is 11.3 Å². The normalized spacial score (nSPS) is 16.0. The first-order valence-electron chi connectivity index (χ1n) is 9.86. The van der Waals surface area contributed by atoms with E-state index < -0.39 is 48.3 Å². The Labute approximate surface area is 184 Å². The van der Waals surface area contributed by atoms with E-state index in [9.17, 15) is 32.3 Å². The van der Waals surface area contributed by atoms with Gasteiger partial charge in [-0.05, 0) is 19.4 Å². The molecule has 2 aromatic heterocycles. The van der Waals surface area contributed by atoms with Gasteiger partial charge in [0.25, 0.3) is 5.56 Å². The summed E-state index contributed by atoms with van der Waals surface area (Å²) in [5.41, 5.74) is -1.01. The number of aryl methyl sites for hydroxylation is 2. The summed E-state index contributed by atoms with van der Waals surface area (Å²) in [5, 5.41) is 2.56. The van der Waals surface area contributed by atoms with Gasteiger partial charge in [0, 0.05) is 31.6 Å². The van der Waals surface area contributed by atoms with Gasteiger partial charge in [0.05, 0.1) is 31.0 Å². The van der Waals surface area contributed by atoms with Crippen molar-refractivity contribution < 1.29 is 27.5 Å². The third-order valence-electron chi connectivity index (χ3n) is 5.34. The largest absolute Gasteiger partial charge is 0.390 e. The van der Waals surface area contributed by atoms with Gasteiger partial charge in [0.2, 0.25) is 0 Å². The summed E-state index contributed by atoms with van der Waals surface area (Å²) < 4.78 is 45.7. The lowest BCUT2D eigenvalue weighted by Gasteiger charge is -2.26. The molecule has 13 heteroatoms. The summed E-state index contributed by atoms with van der Waals surface area (Å²) in [5.74, 6) is -1.47. The lowest BCUT2D eigenvalue weighted by atomic mass is 10.2. The van der Waals surface area contributed by atoms with Gasteiger partial charge in [-0.3, -0.25) is 23.5 Å². The van der Waals surface area contributed by atoms with Crippen LogP contribution in [0, 0.1) is 6.92 Å². The van der Waals surface area contributed by atoms with Crippen LogP contribution in [0.5, 0.6) is 0 Å². The van der Waals surface area contributed by atoms with Crippen molar-refractivity contribution in [1.82, 2.24) is 19.4 Å². The number of rotatable bonds is 7. The number of ether oxygens (including phenoxy) is 1. The molecule has 3 rings (SSSR count). The SMILES string of the molecule is COC(C)Cn1c(=O)c2c(C)c(CN3CCNC(=O)C3=O)sc2n(CCC(F)(F)F)c1=O. The molecule has 1 fully saturated rings. The van der Waals surface area contributed by atoms with Crippen LogP contribution in [0.3, 0.4) is 0 Å². The van der Waals surface area contributed by atoms with E-state index in [0.717, 1.165) is 20.5 Å². The van der Waals surface area contributed by atoms with E-state index in [1.165, 1.54) is 12.0 Å². The fourth-order valence-electron chi connectivity index (χ4n) is 3.47. The number of hydrogen-bond donors (Lipinski definition) is 1. The van der Waals surface area contributed by atoms with Gasteiger partial charge in [0.1, 0.15) is 4.83 Å². The Morgan fingerprint density at radius 1 is 1.19 bits per heavy atom. The topological polar surface area (TPSA) is 103 Å². The van der Waals surface area contributed by atoms with Gasteiger partial charge in [0.15, 0.2) is 0 Å². The molecule has 1 aliphatic rings. The average Bonchev–Trinajstić information content (AvgIpc) is 3.03.